The van der Waals surface area contributed by atoms with Crippen molar-refractivity contribution in [1.29, 1.82) is 0 Å². The number of benzene rings is 2. The molecule has 0 saturated heterocycles. The molecule has 1 amide bonds. The highest BCUT2D eigenvalue weighted by atomic mass is 35.5. The topological polar surface area (TPSA) is 64.6 Å². The quantitative estimate of drug-likeness (QED) is 0.790. The molecule has 5 nitrogen and oxygen atoms in total. The Bertz CT molecular complexity index is 734. The Kier molecular flexibility index (Phi) is 6.36. The molecule has 1 N–H and O–H groups in total. The van der Waals surface area contributed by atoms with E-state index in [4.69, 9.17) is 21.1 Å². The first kappa shape index (κ1) is 18.7. The fourth-order valence-corrected chi connectivity index (χ4v) is 1.99. The Hall–Kier alpha value is -2.60. The van der Waals surface area contributed by atoms with Crippen LogP contribution >= 0.6 is 11.6 Å². The van der Waals surface area contributed by atoms with Gasteiger partial charge in [-0.2, -0.15) is 0 Å². The molecule has 0 radical (unpaired) electrons. The summed E-state index contributed by atoms with van der Waals surface area (Å²) in [5.41, 5.74) is 0.535. The predicted octanol–water partition coefficient (Wildman–Crippen LogP) is 3.82. The van der Waals surface area contributed by atoms with Gasteiger partial charge in [-0.3, -0.25) is 4.79 Å². The van der Waals surface area contributed by atoms with E-state index in [1.54, 1.807) is 24.3 Å². The Labute approximate surface area is 149 Å². The van der Waals surface area contributed by atoms with Crippen molar-refractivity contribution in [2.75, 3.05) is 5.32 Å². The summed E-state index contributed by atoms with van der Waals surface area (Å²) < 4.78 is 23.3. The van der Waals surface area contributed by atoms with Crippen LogP contribution < -0.4 is 10.1 Å². The lowest BCUT2D eigenvalue weighted by molar-refractivity contribution is -0.159. The monoisotopic (exact) mass is 365 g/mol. The number of rotatable bonds is 6. The second kappa shape index (κ2) is 8.48. The minimum Gasteiger partial charge on any atom is -0.479 e. The molecule has 2 aromatic rings. The zero-order valence-corrected chi connectivity index (χ0v) is 14.4. The van der Waals surface area contributed by atoms with E-state index in [9.17, 15) is 14.0 Å². The molecule has 0 saturated carbocycles. The molecule has 0 spiro atoms. The third-order valence-electron chi connectivity index (χ3n) is 3.23. The van der Waals surface area contributed by atoms with Crippen LogP contribution in [-0.4, -0.2) is 24.1 Å². The summed E-state index contributed by atoms with van der Waals surface area (Å²) in [6.07, 6.45) is -1.96. The van der Waals surface area contributed by atoms with E-state index in [0.717, 1.165) is 0 Å². The molecule has 25 heavy (non-hydrogen) atoms. The molecule has 2 rings (SSSR count). The summed E-state index contributed by atoms with van der Waals surface area (Å²) in [6, 6.07) is 11.8. The maximum atomic E-state index is 12.8. The van der Waals surface area contributed by atoms with E-state index in [0.29, 0.717) is 16.5 Å². The second-order valence-corrected chi connectivity index (χ2v) is 5.73. The fraction of sp³-hybridized carbons (Fsp3) is 0.222. The zero-order valence-electron chi connectivity index (χ0n) is 13.7. The van der Waals surface area contributed by atoms with Gasteiger partial charge in [0.05, 0.1) is 0 Å². The van der Waals surface area contributed by atoms with Gasteiger partial charge in [-0.25, -0.2) is 9.18 Å². The van der Waals surface area contributed by atoms with E-state index in [2.05, 4.69) is 5.32 Å². The highest BCUT2D eigenvalue weighted by Crippen LogP contribution is 2.15. The zero-order chi connectivity index (χ0) is 18.4. The number of carbonyl (C=O) groups excluding carboxylic acids is 2. The molecule has 0 aliphatic rings. The Balaban J connectivity index is 1.86. The van der Waals surface area contributed by atoms with Gasteiger partial charge in [0.1, 0.15) is 11.6 Å². The molecule has 7 heteroatoms. The maximum Gasteiger partial charge on any atom is 0.347 e. The van der Waals surface area contributed by atoms with Crippen LogP contribution in [-0.2, 0) is 14.3 Å². The van der Waals surface area contributed by atoms with Crippen LogP contribution in [0.3, 0.4) is 0 Å². The highest BCUT2D eigenvalue weighted by Gasteiger charge is 2.23. The standard InChI is InChI=1S/C18H17ClFNO4/c1-11(17(22)21-15-7-3-13(19)4-8-15)25-18(23)12(2)24-16-9-5-14(20)6-10-16/h3-12H,1-2H3,(H,21,22)/t11-,12-/m0/s1. The van der Waals surface area contributed by atoms with Gasteiger partial charge in [-0.05, 0) is 62.4 Å². The number of esters is 1. The summed E-state index contributed by atoms with van der Waals surface area (Å²) in [7, 11) is 0. The van der Waals surface area contributed by atoms with Gasteiger partial charge in [0, 0.05) is 10.7 Å². The lowest BCUT2D eigenvalue weighted by Gasteiger charge is -2.17. The summed E-state index contributed by atoms with van der Waals surface area (Å²) >= 11 is 5.77. The number of hydrogen-bond acceptors (Lipinski definition) is 4. The van der Waals surface area contributed by atoms with Gasteiger partial charge in [0.25, 0.3) is 5.91 Å². The SMILES string of the molecule is C[C@H](OC(=O)[C@H](C)Oc1ccc(F)cc1)C(=O)Nc1ccc(Cl)cc1. The fourth-order valence-electron chi connectivity index (χ4n) is 1.87. The number of nitrogens with one attached hydrogen (secondary N) is 1. The van der Waals surface area contributed by atoms with E-state index < -0.39 is 29.9 Å². The molecule has 2 atom stereocenters. The predicted molar refractivity (Wildman–Crippen MR) is 92.1 cm³/mol. The molecule has 132 valence electrons. The van der Waals surface area contributed by atoms with Crippen LogP contribution in [0.4, 0.5) is 10.1 Å². The first-order valence-corrected chi connectivity index (χ1v) is 7.92. The summed E-state index contributed by atoms with van der Waals surface area (Å²) in [5.74, 6) is -1.27. The maximum absolute atomic E-state index is 12.8. The van der Waals surface area contributed by atoms with E-state index >= 15 is 0 Å². The first-order chi connectivity index (χ1) is 11.8. The molecule has 0 aliphatic carbocycles. The smallest absolute Gasteiger partial charge is 0.347 e. The third kappa shape index (κ3) is 5.76. The summed E-state index contributed by atoms with van der Waals surface area (Å²) in [4.78, 5) is 24.1. The van der Waals surface area contributed by atoms with Crippen molar-refractivity contribution in [3.8, 4) is 5.75 Å². The van der Waals surface area contributed by atoms with Crippen LogP contribution in [0.2, 0.25) is 5.02 Å². The van der Waals surface area contributed by atoms with E-state index in [-0.39, 0.29) is 0 Å². The number of ether oxygens (including phenoxy) is 2. The van der Waals surface area contributed by atoms with E-state index in [1.165, 1.54) is 38.1 Å². The summed E-state index contributed by atoms with van der Waals surface area (Å²) in [5, 5.41) is 3.16. The highest BCUT2D eigenvalue weighted by molar-refractivity contribution is 6.30. The molecule has 0 fully saturated rings. The third-order valence-corrected chi connectivity index (χ3v) is 3.48. The molecule has 0 aliphatic heterocycles. The van der Waals surface area contributed by atoms with Crippen molar-refractivity contribution in [2.45, 2.75) is 26.1 Å². The van der Waals surface area contributed by atoms with Gasteiger partial charge in [-0.15, -0.1) is 0 Å². The Morgan fingerprint density at radius 1 is 1.00 bits per heavy atom. The number of hydrogen-bond donors (Lipinski definition) is 1. The average molecular weight is 366 g/mol. The lowest BCUT2D eigenvalue weighted by Crippen LogP contribution is -2.35. The first-order valence-electron chi connectivity index (χ1n) is 7.54. The van der Waals surface area contributed by atoms with Crippen LogP contribution in [0.1, 0.15) is 13.8 Å². The van der Waals surface area contributed by atoms with Gasteiger partial charge < -0.3 is 14.8 Å². The minimum atomic E-state index is -1.01. The van der Waals surface area contributed by atoms with Gasteiger partial charge >= 0.3 is 5.97 Å². The largest absolute Gasteiger partial charge is 0.479 e. The molecular weight excluding hydrogens is 349 g/mol. The van der Waals surface area contributed by atoms with Crippen molar-refractivity contribution in [3.05, 3.63) is 59.4 Å². The number of carbonyl (C=O) groups is 2. The molecule has 0 unspecified atom stereocenters. The van der Waals surface area contributed by atoms with Crippen LogP contribution in [0, 0.1) is 5.82 Å². The minimum absolute atomic E-state index is 0.323. The Morgan fingerprint density at radius 2 is 1.60 bits per heavy atom. The number of anilines is 1. The number of amides is 1. The molecule has 2 aromatic carbocycles. The van der Waals surface area contributed by atoms with Crippen molar-refractivity contribution >= 4 is 29.2 Å². The van der Waals surface area contributed by atoms with Crippen LogP contribution in [0.5, 0.6) is 5.75 Å². The molecule has 0 aromatic heterocycles. The van der Waals surface area contributed by atoms with Gasteiger partial charge in [-0.1, -0.05) is 11.6 Å². The van der Waals surface area contributed by atoms with Crippen molar-refractivity contribution in [3.63, 3.8) is 0 Å². The summed E-state index contributed by atoms with van der Waals surface area (Å²) in [6.45, 7) is 2.93. The van der Waals surface area contributed by atoms with Crippen molar-refractivity contribution in [1.82, 2.24) is 0 Å². The van der Waals surface area contributed by atoms with Crippen molar-refractivity contribution < 1.29 is 23.5 Å². The molecule has 0 bridgehead atoms. The van der Waals surface area contributed by atoms with Crippen molar-refractivity contribution in [2.24, 2.45) is 0 Å². The van der Waals surface area contributed by atoms with Crippen LogP contribution in [0.25, 0.3) is 0 Å². The van der Waals surface area contributed by atoms with Gasteiger partial charge in [0.2, 0.25) is 0 Å². The average Bonchev–Trinajstić information content (AvgIpc) is 2.58. The molecular formula is C18H17ClFNO4. The normalized spacial score (nSPS) is 12.8. The second-order valence-electron chi connectivity index (χ2n) is 5.29. The molecule has 0 heterocycles. The van der Waals surface area contributed by atoms with Crippen LogP contribution in [0.15, 0.2) is 48.5 Å². The Morgan fingerprint density at radius 3 is 2.20 bits per heavy atom. The number of halogens is 2. The van der Waals surface area contributed by atoms with E-state index in [1.807, 2.05) is 0 Å². The lowest BCUT2D eigenvalue weighted by atomic mass is 10.3. The van der Waals surface area contributed by atoms with Gasteiger partial charge in [0.15, 0.2) is 12.2 Å².